The van der Waals surface area contributed by atoms with Gasteiger partial charge in [-0.2, -0.15) is 13.5 Å². The van der Waals surface area contributed by atoms with Crippen LogP contribution in [0.2, 0.25) is 0 Å². The molecule has 1 aromatic carbocycles. The van der Waals surface area contributed by atoms with Crippen molar-refractivity contribution in [3.8, 4) is 0 Å². The highest BCUT2D eigenvalue weighted by Gasteiger charge is 2.38. The van der Waals surface area contributed by atoms with Crippen molar-refractivity contribution >= 4 is 38.9 Å². The normalized spacial score (nSPS) is 21.7. The van der Waals surface area contributed by atoms with Crippen molar-refractivity contribution in [2.45, 2.75) is 41.7 Å². The Morgan fingerprint density at radius 2 is 2.19 bits per heavy atom. The highest BCUT2D eigenvalue weighted by atomic mass is 32.2. The van der Waals surface area contributed by atoms with E-state index in [1.165, 1.54) is 17.1 Å². The van der Waals surface area contributed by atoms with E-state index in [2.05, 4.69) is 19.2 Å². The number of aliphatic hydroxyl groups excluding tert-OH is 1. The molecule has 0 bridgehead atoms. The number of hydrogen-bond acceptors (Lipinski definition) is 10. The van der Waals surface area contributed by atoms with Crippen LogP contribution in [-0.2, 0) is 19.2 Å². The molecule has 0 radical (unpaired) electrons. The summed E-state index contributed by atoms with van der Waals surface area (Å²) in [6, 6.07) is 4.70. The summed E-state index contributed by atoms with van der Waals surface area (Å²) in [5.41, 5.74) is 7.24. The summed E-state index contributed by atoms with van der Waals surface area (Å²) in [6.45, 7) is 1.39. The maximum atomic E-state index is 14.3. The van der Waals surface area contributed by atoms with Crippen molar-refractivity contribution in [3.05, 3.63) is 35.9 Å². The Balaban J connectivity index is 1.68. The van der Waals surface area contributed by atoms with Gasteiger partial charge in [-0.15, -0.1) is 0 Å². The molecule has 1 fully saturated rings. The molecule has 1 aliphatic heterocycles. The molecule has 0 aliphatic carbocycles. The number of fused-ring (bicyclic) bond motifs is 1. The molecule has 5 N–H and O–H groups in total. The highest BCUT2D eigenvalue weighted by molar-refractivity contribution is 7.99. The van der Waals surface area contributed by atoms with Crippen LogP contribution in [-0.4, -0.2) is 52.1 Å². The fourth-order valence-electron chi connectivity index (χ4n) is 3.20. The number of hydrogen-bond donors (Lipinski definition) is 3. The fraction of sp³-hybridized carbons (Fsp3) is 0.353. The topological polar surface area (TPSA) is 168 Å². The van der Waals surface area contributed by atoms with Gasteiger partial charge in [0.15, 0.2) is 11.9 Å². The minimum atomic E-state index is -4.19. The van der Waals surface area contributed by atoms with Gasteiger partial charge >= 0.3 is 10.3 Å². The molecule has 11 nitrogen and oxygen atoms in total. The molecule has 0 saturated carbocycles. The van der Waals surface area contributed by atoms with Crippen LogP contribution in [0.4, 0.5) is 10.2 Å². The van der Waals surface area contributed by atoms with Crippen LogP contribution in [0, 0.1) is 12.7 Å². The summed E-state index contributed by atoms with van der Waals surface area (Å²) in [4.78, 5) is 8.56. The third kappa shape index (κ3) is 4.63. The van der Waals surface area contributed by atoms with Gasteiger partial charge in [0.05, 0.1) is 18.1 Å². The highest BCUT2D eigenvalue weighted by Crippen LogP contribution is 2.39. The predicted octanol–water partition coefficient (Wildman–Crippen LogP) is 0.876. The van der Waals surface area contributed by atoms with Gasteiger partial charge in [0, 0.05) is 11.3 Å². The SMILES string of the molecule is Cc1ccc(F)c(Sc2nn([C@H]3C[C@H](O)[C@@H](COS(N)(=O)=O)O3)c3ncnc(N)c23)c1. The molecular formula is C17H19FN6O5S2. The number of benzene rings is 1. The van der Waals surface area contributed by atoms with Crippen molar-refractivity contribution in [1.29, 1.82) is 0 Å². The first-order valence-corrected chi connectivity index (χ1v) is 11.3. The maximum absolute atomic E-state index is 14.3. The van der Waals surface area contributed by atoms with E-state index in [0.717, 1.165) is 17.3 Å². The fourth-order valence-corrected chi connectivity index (χ4v) is 4.57. The summed E-state index contributed by atoms with van der Waals surface area (Å²) >= 11 is 1.06. The van der Waals surface area contributed by atoms with Gasteiger partial charge in [-0.25, -0.2) is 24.2 Å². The van der Waals surface area contributed by atoms with Crippen molar-refractivity contribution in [3.63, 3.8) is 0 Å². The van der Waals surface area contributed by atoms with Crippen LogP contribution in [0.3, 0.4) is 0 Å². The van der Waals surface area contributed by atoms with Gasteiger partial charge in [0.1, 0.15) is 29.1 Å². The molecule has 4 rings (SSSR count). The van der Waals surface area contributed by atoms with E-state index in [-0.39, 0.29) is 12.2 Å². The van der Waals surface area contributed by atoms with Crippen LogP contribution < -0.4 is 10.9 Å². The predicted molar refractivity (Wildman–Crippen MR) is 109 cm³/mol. The summed E-state index contributed by atoms with van der Waals surface area (Å²) in [7, 11) is -4.19. The standard InChI is InChI=1S/C17H19FN6O5S2/c1-8-2-3-9(18)12(4-8)30-17-14-15(19)21-7-22-16(14)24(23-17)13-5-10(25)11(29-13)6-28-31(20,26)27/h2-4,7,10-11,13,25H,5-6H2,1H3,(H2,19,21,22)(H2,20,26,27)/t10-,11+,13+/m0/s1. The van der Waals surface area contributed by atoms with Crippen LogP contribution >= 0.6 is 11.8 Å². The number of aliphatic hydroxyl groups is 1. The van der Waals surface area contributed by atoms with Crippen LogP contribution in [0.15, 0.2) is 34.4 Å². The molecule has 0 spiro atoms. The van der Waals surface area contributed by atoms with Gasteiger partial charge in [-0.3, -0.25) is 4.18 Å². The van der Waals surface area contributed by atoms with E-state index in [9.17, 15) is 17.9 Å². The van der Waals surface area contributed by atoms with E-state index < -0.39 is 41.2 Å². The van der Waals surface area contributed by atoms with E-state index >= 15 is 0 Å². The number of ether oxygens (including phenoxy) is 1. The second-order valence-corrected chi connectivity index (χ2v) is 9.20. The molecule has 0 unspecified atom stereocenters. The molecule has 3 heterocycles. The largest absolute Gasteiger partial charge is 0.390 e. The first-order valence-electron chi connectivity index (χ1n) is 9.06. The quantitative estimate of drug-likeness (QED) is 0.470. The number of nitrogen functional groups attached to an aromatic ring is 1. The van der Waals surface area contributed by atoms with E-state index in [1.807, 2.05) is 6.92 Å². The molecule has 2 aromatic heterocycles. The lowest BCUT2D eigenvalue weighted by molar-refractivity contribution is -0.0415. The lowest BCUT2D eigenvalue weighted by atomic mass is 10.2. The lowest BCUT2D eigenvalue weighted by Gasteiger charge is -2.14. The molecule has 3 aromatic rings. The number of nitrogens with zero attached hydrogens (tertiary/aromatic N) is 4. The number of nitrogens with two attached hydrogens (primary N) is 2. The zero-order valence-electron chi connectivity index (χ0n) is 16.2. The van der Waals surface area contributed by atoms with Crippen LogP contribution in [0.25, 0.3) is 11.0 Å². The zero-order chi connectivity index (χ0) is 22.3. The summed E-state index contributed by atoms with van der Waals surface area (Å²) in [5.74, 6) is -0.263. The minimum Gasteiger partial charge on any atom is -0.390 e. The Bertz CT molecular complexity index is 1240. The smallest absolute Gasteiger partial charge is 0.333 e. The first kappa shape index (κ1) is 21.9. The molecule has 31 heavy (non-hydrogen) atoms. The third-order valence-electron chi connectivity index (χ3n) is 4.65. The average molecular weight is 471 g/mol. The Morgan fingerprint density at radius 1 is 1.42 bits per heavy atom. The number of rotatable bonds is 6. The van der Waals surface area contributed by atoms with Gasteiger partial charge in [-0.05, 0) is 24.6 Å². The van der Waals surface area contributed by atoms with Gasteiger partial charge < -0.3 is 15.6 Å². The molecule has 1 saturated heterocycles. The maximum Gasteiger partial charge on any atom is 0.333 e. The summed E-state index contributed by atoms with van der Waals surface area (Å²) in [5, 5.41) is 20.3. The number of anilines is 1. The number of aromatic nitrogens is 4. The van der Waals surface area contributed by atoms with E-state index in [0.29, 0.717) is 21.0 Å². The number of aryl methyl sites for hydroxylation is 1. The Hall–Kier alpha value is -2.36. The summed E-state index contributed by atoms with van der Waals surface area (Å²) in [6.07, 6.45) is -1.44. The van der Waals surface area contributed by atoms with Crippen molar-refractivity contribution in [2.75, 3.05) is 12.3 Å². The second-order valence-electron chi connectivity index (χ2n) is 6.95. The van der Waals surface area contributed by atoms with Gasteiger partial charge in [0.2, 0.25) is 0 Å². The molecule has 14 heteroatoms. The Labute approximate surface area is 180 Å². The van der Waals surface area contributed by atoms with E-state index in [4.69, 9.17) is 15.6 Å². The van der Waals surface area contributed by atoms with Gasteiger partial charge in [0.25, 0.3) is 0 Å². The second kappa shape index (κ2) is 8.29. The summed E-state index contributed by atoms with van der Waals surface area (Å²) < 4.78 is 48.0. The molecule has 3 atom stereocenters. The molecule has 0 amide bonds. The van der Waals surface area contributed by atoms with Crippen molar-refractivity contribution < 1.29 is 26.8 Å². The first-order chi connectivity index (χ1) is 14.6. The van der Waals surface area contributed by atoms with Crippen LogP contribution in [0.5, 0.6) is 0 Å². The van der Waals surface area contributed by atoms with Crippen molar-refractivity contribution in [1.82, 2.24) is 19.7 Å². The third-order valence-corrected chi connectivity index (χ3v) is 6.13. The van der Waals surface area contributed by atoms with Crippen molar-refractivity contribution in [2.24, 2.45) is 5.14 Å². The minimum absolute atomic E-state index is 0.0856. The molecular weight excluding hydrogens is 451 g/mol. The lowest BCUT2D eigenvalue weighted by Crippen LogP contribution is -2.30. The zero-order valence-corrected chi connectivity index (χ0v) is 17.8. The van der Waals surface area contributed by atoms with Crippen LogP contribution in [0.1, 0.15) is 18.2 Å². The Kier molecular flexibility index (Phi) is 5.85. The van der Waals surface area contributed by atoms with Gasteiger partial charge in [-0.1, -0.05) is 17.8 Å². The molecule has 1 aliphatic rings. The number of halogens is 1. The average Bonchev–Trinajstić information content (AvgIpc) is 3.24. The van der Waals surface area contributed by atoms with E-state index in [1.54, 1.807) is 12.1 Å². The monoisotopic (exact) mass is 470 g/mol. The Morgan fingerprint density at radius 3 is 2.94 bits per heavy atom. The molecule has 166 valence electrons.